The average Bonchev–Trinajstić information content (AvgIpc) is 2.55. The van der Waals surface area contributed by atoms with E-state index in [0.717, 1.165) is 9.04 Å². The monoisotopic (exact) mass is 390 g/mol. The molecular formula is C16H15BrN4O3. The molecule has 0 aliphatic heterocycles. The van der Waals surface area contributed by atoms with Crippen LogP contribution in [0.3, 0.4) is 0 Å². The van der Waals surface area contributed by atoms with Gasteiger partial charge in [0.1, 0.15) is 11.6 Å². The summed E-state index contributed by atoms with van der Waals surface area (Å²) in [6, 6.07) is 9.01. The fraction of sp³-hybridized carbons (Fsp3) is 0.250. The number of benzene rings is 1. The van der Waals surface area contributed by atoms with Crippen molar-refractivity contribution in [2.45, 2.75) is 13.5 Å². The Morgan fingerprint density at radius 3 is 2.79 bits per heavy atom. The molecule has 1 aromatic carbocycles. The maximum Gasteiger partial charge on any atom is 0.281 e. The lowest BCUT2D eigenvalue weighted by Crippen LogP contribution is -2.23. The summed E-state index contributed by atoms with van der Waals surface area (Å²) in [4.78, 5) is 12.5. The summed E-state index contributed by atoms with van der Waals surface area (Å²) >= 11 is 3.33. The van der Waals surface area contributed by atoms with E-state index in [1.165, 1.54) is 7.11 Å². The van der Waals surface area contributed by atoms with Crippen LogP contribution >= 0.6 is 15.9 Å². The highest BCUT2D eigenvalue weighted by Gasteiger charge is 2.18. The zero-order valence-electron chi connectivity index (χ0n) is 13.2. The highest BCUT2D eigenvalue weighted by atomic mass is 79.9. The van der Waals surface area contributed by atoms with Gasteiger partial charge < -0.3 is 9.84 Å². The number of azo groups is 1. The standard InChI is InChI=1S/C16H15BrN4O3/c1-10-13(9-18)15(22)21(6-7-24-2)16(23)14(10)20-19-12-5-3-4-11(17)8-12/h3-5,8,22H,6-7H2,1-2H3. The van der Waals surface area contributed by atoms with E-state index in [1.807, 2.05) is 12.1 Å². The number of hydrogen-bond donors (Lipinski definition) is 1. The Balaban J connectivity index is 2.57. The number of aromatic hydroxyl groups is 1. The molecule has 0 bridgehead atoms. The third kappa shape index (κ3) is 3.69. The van der Waals surface area contributed by atoms with Crippen LogP contribution in [0.2, 0.25) is 0 Å². The van der Waals surface area contributed by atoms with Gasteiger partial charge in [-0.3, -0.25) is 9.36 Å². The molecule has 2 aromatic rings. The fourth-order valence-corrected chi connectivity index (χ4v) is 2.48. The number of aromatic nitrogens is 1. The number of hydrogen-bond acceptors (Lipinski definition) is 6. The van der Waals surface area contributed by atoms with Gasteiger partial charge in [0, 0.05) is 17.1 Å². The van der Waals surface area contributed by atoms with Crippen molar-refractivity contribution < 1.29 is 9.84 Å². The predicted molar refractivity (Wildman–Crippen MR) is 92.0 cm³/mol. The first-order chi connectivity index (χ1) is 11.5. The van der Waals surface area contributed by atoms with Crippen molar-refractivity contribution in [1.82, 2.24) is 4.57 Å². The van der Waals surface area contributed by atoms with Crippen LogP contribution in [0.25, 0.3) is 0 Å². The molecule has 0 saturated carbocycles. The van der Waals surface area contributed by atoms with E-state index < -0.39 is 11.4 Å². The van der Waals surface area contributed by atoms with Crippen molar-refractivity contribution in [3.05, 3.63) is 50.2 Å². The quantitative estimate of drug-likeness (QED) is 0.788. The van der Waals surface area contributed by atoms with Gasteiger partial charge in [-0.2, -0.15) is 10.4 Å². The van der Waals surface area contributed by atoms with Gasteiger partial charge in [-0.25, -0.2) is 0 Å². The van der Waals surface area contributed by atoms with E-state index in [1.54, 1.807) is 25.1 Å². The van der Waals surface area contributed by atoms with E-state index in [4.69, 9.17) is 4.74 Å². The van der Waals surface area contributed by atoms with E-state index in [0.29, 0.717) is 5.69 Å². The molecule has 0 atom stereocenters. The number of methoxy groups -OCH3 is 1. The Labute approximate surface area is 147 Å². The van der Waals surface area contributed by atoms with Crippen molar-refractivity contribution in [1.29, 1.82) is 5.26 Å². The lowest BCUT2D eigenvalue weighted by molar-refractivity contribution is 0.182. The minimum Gasteiger partial charge on any atom is -0.493 e. The highest BCUT2D eigenvalue weighted by Crippen LogP contribution is 2.27. The van der Waals surface area contributed by atoms with Gasteiger partial charge in [-0.05, 0) is 25.1 Å². The lowest BCUT2D eigenvalue weighted by Gasteiger charge is -2.12. The minimum absolute atomic E-state index is 0.00565. The summed E-state index contributed by atoms with van der Waals surface area (Å²) in [5, 5.41) is 27.4. The molecule has 8 heteroatoms. The van der Waals surface area contributed by atoms with Crippen LogP contribution in [0.15, 0.2) is 43.8 Å². The first kappa shape index (κ1) is 17.8. The predicted octanol–water partition coefficient (Wildman–Crippen LogP) is 3.56. The van der Waals surface area contributed by atoms with Crippen LogP contribution < -0.4 is 5.56 Å². The molecule has 7 nitrogen and oxygen atoms in total. The number of ether oxygens (including phenoxy) is 1. The summed E-state index contributed by atoms with van der Waals surface area (Å²) in [6.45, 7) is 1.87. The van der Waals surface area contributed by atoms with Crippen LogP contribution in [0.4, 0.5) is 11.4 Å². The SMILES string of the molecule is COCCn1c(O)c(C#N)c(C)c(N=Nc2cccc(Br)c2)c1=O. The molecular weight excluding hydrogens is 376 g/mol. The Hall–Kier alpha value is -2.50. The molecule has 0 saturated heterocycles. The Bertz CT molecular complexity index is 884. The number of nitrogens with zero attached hydrogens (tertiary/aromatic N) is 4. The molecule has 0 radical (unpaired) electrons. The molecule has 1 N–H and O–H groups in total. The average molecular weight is 391 g/mol. The van der Waals surface area contributed by atoms with Crippen LogP contribution in [0, 0.1) is 18.3 Å². The maximum absolute atomic E-state index is 12.5. The molecule has 1 aromatic heterocycles. The third-order valence-corrected chi connectivity index (χ3v) is 3.85. The van der Waals surface area contributed by atoms with E-state index >= 15 is 0 Å². The van der Waals surface area contributed by atoms with Gasteiger partial charge in [0.15, 0.2) is 5.69 Å². The summed E-state index contributed by atoms with van der Waals surface area (Å²) < 4.78 is 6.82. The zero-order chi connectivity index (χ0) is 17.7. The van der Waals surface area contributed by atoms with Gasteiger partial charge in [0.25, 0.3) is 5.56 Å². The van der Waals surface area contributed by atoms with Crippen molar-refractivity contribution in [3.8, 4) is 11.9 Å². The van der Waals surface area contributed by atoms with Gasteiger partial charge in [0.05, 0.1) is 18.8 Å². The fourth-order valence-electron chi connectivity index (χ4n) is 2.09. The van der Waals surface area contributed by atoms with E-state index in [-0.39, 0.29) is 30.0 Å². The topological polar surface area (TPSA) is 100.0 Å². The van der Waals surface area contributed by atoms with Crippen molar-refractivity contribution in [3.63, 3.8) is 0 Å². The molecule has 0 unspecified atom stereocenters. The molecule has 0 amide bonds. The highest BCUT2D eigenvalue weighted by molar-refractivity contribution is 9.10. The van der Waals surface area contributed by atoms with Gasteiger partial charge in [0.2, 0.25) is 5.88 Å². The first-order valence-corrected chi connectivity index (χ1v) is 7.81. The summed E-state index contributed by atoms with van der Waals surface area (Å²) in [5.41, 5.74) is 0.319. The largest absolute Gasteiger partial charge is 0.493 e. The Kier molecular flexibility index (Phi) is 5.84. The molecule has 0 fully saturated rings. The second-order valence-corrected chi connectivity index (χ2v) is 5.83. The smallest absolute Gasteiger partial charge is 0.281 e. The third-order valence-electron chi connectivity index (χ3n) is 3.36. The molecule has 2 rings (SSSR count). The van der Waals surface area contributed by atoms with E-state index in [2.05, 4.69) is 26.2 Å². The molecule has 0 aliphatic carbocycles. The van der Waals surface area contributed by atoms with Gasteiger partial charge in [-0.15, -0.1) is 5.11 Å². The minimum atomic E-state index is -0.528. The van der Waals surface area contributed by atoms with Gasteiger partial charge >= 0.3 is 0 Å². The maximum atomic E-state index is 12.5. The van der Waals surface area contributed by atoms with Crippen LogP contribution in [-0.2, 0) is 11.3 Å². The lowest BCUT2D eigenvalue weighted by atomic mass is 10.1. The number of pyridine rings is 1. The van der Waals surface area contributed by atoms with Crippen molar-refractivity contribution >= 4 is 27.3 Å². The van der Waals surface area contributed by atoms with Crippen LogP contribution in [0.1, 0.15) is 11.1 Å². The molecule has 124 valence electrons. The number of rotatable bonds is 5. The van der Waals surface area contributed by atoms with Crippen molar-refractivity contribution in [2.24, 2.45) is 10.2 Å². The first-order valence-electron chi connectivity index (χ1n) is 7.02. The Morgan fingerprint density at radius 1 is 1.42 bits per heavy atom. The number of halogens is 1. The summed E-state index contributed by atoms with van der Waals surface area (Å²) in [5.74, 6) is -0.390. The normalized spacial score (nSPS) is 10.9. The van der Waals surface area contributed by atoms with Crippen molar-refractivity contribution in [2.75, 3.05) is 13.7 Å². The molecule has 0 aliphatic rings. The van der Waals surface area contributed by atoms with E-state index in [9.17, 15) is 15.2 Å². The van der Waals surface area contributed by atoms with Gasteiger partial charge in [-0.1, -0.05) is 22.0 Å². The summed E-state index contributed by atoms with van der Waals surface area (Å²) in [6.07, 6.45) is 0. The number of nitriles is 1. The molecule has 1 heterocycles. The Morgan fingerprint density at radius 2 is 2.17 bits per heavy atom. The zero-order valence-corrected chi connectivity index (χ0v) is 14.7. The molecule has 24 heavy (non-hydrogen) atoms. The second-order valence-electron chi connectivity index (χ2n) is 4.91. The molecule has 0 spiro atoms. The second kappa shape index (κ2) is 7.86. The summed E-state index contributed by atoms with van der Waals surface area (Å²) in [7, 11) is 1.48. The van der Waals surface area contributed by atoms with Crippen LogP contribution in [0.5, 0.6) is 5.88 Å². The van der Waals surface area contributed by atoms with Crippen LogP contribution in [-0.4, -0.2) is 23.4 Å².